The number of aryl methyl sites for hydroxylation is 1. The highest BCUT2D eigenvalue weighted by Crippen LogP contribution is 2.29. The fourth-order valence-electron chi connectivity index (χ4n) is 2.46. The maximum Gasteiger partial charge on any atom is 0.159 e. The lowest BCUT2D eigenvalue weighted by Crippen LogP contribution is -2.37. The number of hydrogen-bond donors (Lipinski definition) is 2. The predicted molar refractivity (Wildman–Crippen MR) is 77.1 cm³/mol. The van der Waals surface area contributed by atoms with Gasteiger partial charge in [0, 0.05) is 5.41 Å². The van der Waals surface area contributed by atoms with Crippen molar-refractivity contribution in [2.75, 3.05) is 13.2 Å². The van der Waals surface area contributed by atoms with E-state index in [1.165, 1.54) is 6.07 Å². The van der Waals surface area contributed by atoms with E-state index < -0.39 is 17.0 Å². The summed E-state index contributed by atoms with van der Waals surface area (Å²) in [6, 6.07) is 11.1. The summed E-state index contributed by atoms with van der Waals surface area (Å²) in [7, 11) is 0. The van der Waals surface area contributed by atoms with E-state index in [1.807, 2.05) is 31.2 Å². The third-order valence-corrected chi connectivity index (χ3v) is 3.76. The predicted octanol–water partition coefficient (Wildman–Crippen LogP) is 2.74. The molecule has 0 radical (unpaired) electrons. The molecule has 112 valence electrons. The van der Waals surface area contributed by atoms with E-state index in [0.717, 1.165) is 23.3 Å². The zero-order chi connectivity index (χ0) is 15.5. The lowest BCUT2D eigenvalue weighted by Gasteiger charge is -2.31. The van der Waals surface area contributed by atoms with Gasteiger partial charge in [0.05, 0.1) is 13.2 Å². The molecule has 2 aromatic rings. The molecule has 0 fully saturated rings. The van der Waals surface area contributed by atoms with E-state index in [0.29, 0.717) is 5.56 Å². The Bertz CT molecular complexity index is 622. The van der Waals surface area contributed by atoms with Gasteiger partial charge in [-0.15, -0.1) is 0 Å². The Morgan fingerprint density at radius 1 is 0.952 bits per heavy atom. The quantitative estimate of drug-likeness (QED) is 0.889. The topological polar surface area (TPSA) is 40.5 Å². The SMILES string of the molecule is Cc1cccc(C(CO)(CO)Cc2ccc(F)c(F)c2)c1. The van der Waals surface area contributed by atoms with Crippen molar-refractivity contribution in [3.8, 4) is 0 Å². The number of hydrogen-bond acceptors (Lipinski definition) is 2. The summed E-state index contributed by atoms with van der Waals surface area (Å²) in [4.78, 5) is 0. The van der Waals surface area contributed by atoms with Crippen LogP contribution in [0.25, 0.3) is 0 Å². The average molecular weight is 292 g/mol. The van der Waals surface area contributed by atoms with Crippen LogP contribution in [-0.2, 0) is 11.8 Å². The van der Waals surface area contributed by atoms with Gasteiger partial charge in [0.15, 0.2) is 11.6 Å². The van der Waals surface area contributed by atoms with E-state index in [1.54, 1.807) is 0 Å². The zero-order valence-corrected chi connectivity index (χ0v) is 11.8. The summed E-state index contributed by atoms with van der Waals surface area (Å²) < 4.78 is 26.3. The number of halogens is 2. The van der Waals surface area contributed by atoms with Crippen molar-refractivity contribution >= 4 is 0 Å². The Labute approximate surface area is 122 Å². The third-order valence-electron chi connectivity index (χ3n) is 3.76. The van der Waals surface area contributed by atoms with Crippen LogP contribution < -0.4 is 0 Å². The van der Waals surface area contributed by atoms with Crippen LogP contribution in [0.3, 0.4) is 0 Å². The number of aliphatic hydroxyl groups excluding tert-OH is 2. The van der Waals surface area contributed by atoms with E-state index >= 15 is 0 Å². The Kier molecular flexibility index (Phi) is 4.70. The average Bonchev–Trinajstić information content (AvgIpc) is 2.48. The Morgan fingerprint density at radius 3 is 2.24 bits per heavy atom. The molecule has 4 heteroatoms. The number of aliphatic hydroxyl groups is 2. The molecular weight excluding hydrogens is 274 g/mol. The summed E-state index contributed by atoms with van der Waals surface area (Å²) in [5.41, 5.74) is 1.39. The van der Waals surface area contributed by atoms with Crippen molar-refractivity contribution in [3.05, 3.63) is 70.8 Å². The molecule has 0 spiro atoms. The van der Waals surface area contributed by atoms with Gasteiger partial charge in [-0.3, -0.25) is 0 Å². The molecular formula is C17H18F2O2. The number of rotatable bonds is 5. The largest absolute Gasteiger partial charge is 0.395 e. The van der Waals surface area contributed by atoms with Crippen molar-refractivity contribution < 1.29 is 19.0 Å². The smallest absolute Gasteiger partial charge is 0.159 e. The van der Waals surface area contributed by atoms with Gasteiger partial charge < -0.3 is 10.2 Å². The highest BCUT2D eigenvalue weighted by atomic mass is 19.2. The van der Waals surface area contributed by atoms with Gasteiger partial charge in [0.2, 0.25) is 0 Å². The zero-order valence-electron chi connectivity index (χ0n) is 11.8. The van der Waals surface area contributed by atoms with Gasteiger partial charge in [0.1, 0.15) is 0 Å². The second kappa shape index (κ2) is 6.33. The summed E-state index contributed by atoms with van der Waals surface area (Å²) >= 11 is 0. The lowest BCUT2D eigenvalue weighted by atomic mass is 9.76. The van der Waals surface area contributed by atoms with Crippen molar-refractivity contribution in [1.29, 1.82) is 0 Å². The lowest BCUT2D eigenvalue weighted by molar-refractivity contribution is 0.116. The molecule has 21 heavy (non-hydrogen) atoms. The molecule has 2 aromatic carbocycles. The maximum absolute atomic E-state index is 13.3. The van der Waals surface area contributed by atoms with Crippen LogP contribution in [0.15, 0.2) is 42.5 Å². The van der Waals surface area contributed by atoms with Crippen molar-refractivity contribution in [2.45, 2.75) is 18.8 Å². The van der Waals surface area contributed by atoms with E-state index in [4.69, 9.17) is 0 Å². The fourth-order valence-corrected chi connectivity index (χ4v) is 2.46. The molecule has 0 heterocycles. The van der Waals surface area contributed by atoms with Gasteiger partial charge in [-0.2, -0.15) is 0 Å². The van der Waals surface area contributed by atoms with Crippen molar-refractivity contribution in [1.82, 2.24) is 0 Å². The normalized spacial score (nSPS) is 11.7. The fraction of sp³-hybridized carbons (Fsp3) is 0.294. The van der Waals surface area contributed by atoms with Gasteiger partial charge >= 0.3 is 0 Å². The van der Waals surface area contributed by atoms with Gasteiger partial charge in [-0.1, -0.05) is 35.9 Å². The van der Waals surface area contributed by atoms with Gasteiger partial charge in [-0.25, -0.2) is 8.78 Å². The molecule has 0 aromatic heterocycles. The second-order valence-electron chi connectivity index (χ2n) is 5.39. The monoisotopic (exact) mass is 292 g/mol. The highest BCUT2D eigenvalue weighted by Gasteiger charge is 2.31. The van der Waals surface area contributed by atoms with Crippen LogP contribution in [-0.4, -0.2) is 23.4 Å². The Morgan fingerprint density at radius 2 is 1.67 bits per heavy atom. The molecule has 0 saturated carbocycles. The summed E-state index contributed by atoms with van der Waals surface area (Å²) in [6.07, 6.45) is 0.223. The van der Waals surface area contributed by atoms with Crippen LogP contribution in [0.2, 0.25) is 0 Å². The Balaban J connectivity index is 2.40. The third kappa shape index (κ3) is 3.28. The minimum Gasteiger partial charge on any atom is -0.395 e. The first-order valence-electron chi connectivity index (χ1n) is 6.73. The molecule has 2 nitrogen and oxygen atoms in total. The molecule has 0 aliphatic carbocycles. The summed E-state index contributed by atoms with van der Waals surface area (Å²) in [5, 5.41) is 19.6. The molecule has 0 saturated heterocycles. The number of benzene rings is 2. The van der Waals surface area contributed by atoms with E-state index in [-0.39, 0.29) is 19.6 Å². The molecule has 0 amide bonds. The molecule has 0 bridgehead atoms. The van der Waals surface area contributed by atoms with Crippen LogP contribution in [0, 0.1) is 18.6 Å². The second-order valence-corrected chi connectivity index (χ2v) is 5.39. The standard InChI is InChI=1S/C17H18F2O2/c1-12-3-2-4-14(7-12)17(10-20,11-21)9-13-5-6-15(18)16(19)8-13/h2-8,20-21H,9-11H2,1H3. The first-order chi connectivity index (χ1) is 10.0. The highest BCUT2D eigenvalue weighted by molar-refractivity contribution is 5.33. The first kappa shape index (κ1) is 15.6. The van der Waals surface area contributed by atoms with Crippen molar-refractivity contribution in [2.24, 2.45) is 0 Å². The van der Waals surface area contributed by atoms with Gasteiger partial charge in [0.25, 0.3) is 0 Å². The maximum atomic E-state index is 13.3. The minimum absolute atomic E-state index is 0.223. The van der Waals surface area contributed by atoms with Crippen LogP contribution in [0.4, 0.5) is 8.78 Å². The van der Waals surface area contributed by atoms with Crippen LogP contribution in [0.1, 0.15) is 16.7 Å². The molecule has 0 aliphatic heterocycles. The first-order valence-corrected chi connectivity index (χ1v) is 6.73. The van der Waals surface area contributed by atoms with Crippen LogP contribution >= 0.6 is 0 Å². The van der Waals surface area contributed by atoms with Crippen molar-refractivity contribution in [3.63, 3.8) is 0 Å². The van der Waals surface area contributed by atoms with Gasteiger partial charge in [-0.05, 0) is 36.6 Å². The molecule has 0 unspecified atom stereocenters. The molecule has 0 atom stereocenters. The minimum atomic E-state index is -0.929. The van der Waals surface area contributed by atoms with Crippen LogP contribution in [0.5, 0.6) is 0 Å². The molecule has 2 N–H and O–H groups in total. The van der Waals surface area contributed by atoms with E-state index in [2.05, 4.69) is 0 Å². The Hall–Kier alpha value is -1.78. The summed E-state index contributed by atoms with van der Waals surface area (Å²) in [5.74, 6) is -1.84. The van der Waals surface area contributed by atoms with E-state index in [9.17, 15) is 19.0 Å². The molecule has 2 rings (SSSR count). The summed E-state index contributed by atoms with van der Waals surface area (Å²) in [6.45, 7) is 1.35. The molecule has 0 aliphatic rings.